The van der Waals surface area contributed by atoms with Crippen molar-refractivity contribution in [2.45, 2.75) is 32.9 Å². The standard InChI is InChI=1S/C21H24ClN3O4/c1-4-9-25-13(2)10-17(14(25)3)19(26)12-29-20(27)11-18(24-21(23)28)15-5-7-16(22)8-6-15/h4-8,10,18H,1,9,11-12H2,2-3H3,(H3,23,24,28). The van der Waals surface area contributed by atoms with Crippen LogP contribution in [0.5, 0.6) is 0 Å². The van der Waals surface area contributed by atoms with E-state index < -0.39 is 18.0 Å². The highest BCUT2D eigenvalue weighted by molar-refractivity contribution is 6.30. The number of Topliss-reactive ketones (excluding diaryl/α,β-unsaturated/α-hetero) is 1. The molecule has 7 nitrogen and oxygen atoms in total. The molecule has 0 aliphatic heterocycles. The lowest BCUT2D eigenvalue weighted by atomic mass is 10.0. The van der Waals surface area contributed by atoms with Crippen LogP contribution in [0.1, 0.15) is 39.8 Å². The van der Waals surface area contributed by atoms with Gasteiger partial charge in [-0.3, -0.25) is 9.59 Å². The monoisotopic (exact) mass is 417 g/mol. The van der Waals surface area contributed by atoms with Gasteiger partial charge in [-0.05, 0) is 37.6 Å². The zero-order valence-electron chi connectivity index (χ0n) is 16.4. The Kier molecular flexibility index (Phi) is 7.61. The van der Waals surface area contributed by atoms with Crippen LogP contribution in [-0.4, -0.2) is 29.0 Å². The van der Waals surface area contributed by atoms with Crippen LogP contribution in [0, 0.1) is 13.8 Å². The highest BCUT2D eigenvalue weighted by atomic mass is 35.5. The Bertz CT molecular complexity index is 919. The normalized spacial score (nSPS) is 11.6. The fourth-order valence-corrected chi connectivity index (χ4v) is 3.19. The molecule has 0 radical (unpaired) electrons. The summed E-state index contributed by atoms with van der Waals surface area (Å²) >= 11 is 5.87. The number of aromatic nitrogens is 1. The van der Waals surface area contributed by atoms with E-state index in [0.717, 1.165) is 11.4 Å². The van der Waals surface area contributed by atoms with Gasteiger partial charge < -0.3 is 20.4 Å². The second-order valence-electron chi connectivity index (χ2n) is 6.58. The van der Waals surface area contributed by atoms with E-state index in [0.29, 0.717) is 22.7 Å². The van der Waals surface area contributed by atoms with E-state index >= 15 is 0 Å². The molecule has 0 saturated carbocycles. The lowest BCUT2D eigenvalue weighted by Gasteiger charge is -2.17. The van der Waals surface area contributed by atoms with Gasteiger partial charge in [0.25, 0.3) is 0 Å². The molecule has 1 aromatic carbocycles. The molecule has 8 heteroatoms. The van der Waals surface area contributed by atoms with Crippen LogP contribution in [-0.2, 0) is 16.1 Å². The number of rotatable bonds is 9. The van der Waals surface area contributed by atoms with Crippen molar-refractivity contribution in [1.29, 1.82) is 0 Å². The first-order valence-electron chi connectivity index (χ1n) is 9.00. The molecule has 1 heterocycles. The van der Waals surface area contributed by atoms with Crippen molar-refractivity contribution < 1.29 is 19.1 Å². The summed E-state index contributed by atoms with van der Waals surface area (Å²) in [5.41, 5.74) is 8.06. The largest absolute Gasteiger partial charge is 0.457 e. The first-order chi connectivity index (χ1) is 13.7. The number of hydrogen-bond donors (Lipinski definition) is 2. The molecule has 2 aromatic rings. The molecule has 1 atom stereocenters. The first-order valence-corrected chi connectivity index (χ1v) is 9.38. The molecule has 0 fully saturated rings. The van der Waals surface area contributed by atoms with Crippen molar-refractivity contribution in [1.82, 2.24) is 9.88 Å². The number of nitrogens with two attached hydrogens (primary N) is 1. The van der Waals surface area contributed by atoms with Gasteiger partial charge in [0, 0.05) is 28.5 Å². The number of carbonyl (C=O) groups excluding carboxylic acids is 3. The van der Waals surface area contributed by atoms with Crippen LogP contribution in [0.25, 0.3) is 0 Å². The number of esters is 1. The second-order valence-corrected chi connectivity index (χ2v) is 7.02. The summed E-state index contributed by atoms with van der Waals surface area (Å²) in [6, 6.07) is 6.93. The molecule has 0 spiro atoms. The maximum atomic E-state index is 12.5. The first kappa shape index (κ1) is 22.2. The summed E-state index contributed by atoms with van der Waals surface area (Å²) in [7, 11) is 0. The highest BCUT2D eigenvalue weighted by Crippen LogP contribution is 2.20. The van der Waals surface area contributed by atoms with E-state index in [1.165, 1.54) is 0 Å². The Labute approximate surface area is 174 Å². The molecular formula is C21H24ClN3O4. The van der Waals surface area contributed by atoms with E-state index in [4.69, 9.17) is 22.1 Å². The number of halogens is 1. The van der Waals surface area contributed by atoms with Crippen molar-refractivity contribution >= 4 is 29.4 Å². The average Bonchev–Trinajstić information content (AvgIpc) is 2.94. The van der Waals surface area contributed by atoms with Crippen molar-refractivity contribution in [3.8, 4) is 0 Å². The van der Waals surface area contributed by atoms with Gasteiger partial charge in [0.1, 0.15) is 0 Å². The molecule has 1 aromatic heterocycles. The van der Waals surface area contributed by atoms with Crippen LogP contribution in [0.4, 0.5) is 4.79 Å². The number of nitrogens with one attached hydrogen (secondary N) is 1. The van der Waals surface area contributed by atoms with E-state index in [-0.39, 0.29) is 18.8 Å². The van der Waals surface area contributed by atoms with Crippen LogP contribution in [0.3, 0.4) is 0 Å². The Morgan fingerprint density at radius 2 is 1.93 bits per heavy atom. The number of ketones is 1. The van der Waals surface area contributed by atoms with Crippen molar-refractivity contribution in [3.63, 3.8) is 0 Å². The number of hydrogen-bond acceptors (Lipinski definition) is 4. The maximum absolute atomic E-state index is 12.5. The second kappa shape index (κ2) is 9.93. The summed E-state index contributed by atoms with van der Waals surface area (Å²) in [5.74, 6) is -0.931. The Hall–Kier alpha value is -3.06. The predicted molar refractivity (Wildman–Crippen MR) is 111 cm³/mol. The molecule has 2 rings (SSSR count). The molecule has 0 aliphatic carbocycles. The third kappa shape index (κ3) is 5.96. The van der Waals surface area contributed by atoms with Gasteiger partial charge in [-0.1, -0.05) is 29.8 Å². The fraction of sp³-hybridized carbons (Fsp3) is 0.286. The zero-order chi connectivity index (χ0) is 21.6. The number of amides is 2. The van der Waals surface area contributed by atoms with Crippen LogP contribution >= 0.6 is 11.6 Å². The minimum Gasteiger partial charge on any atom is -0.457 e. The number of carbonyl (C=O) groups is 3. The van der Waals surface area contributed by atoms with E-state index in [2.05, 4.69) is 11.9 Å². The fourth-order valence-electron chi connectivity index (χ4n) is 3.06. The Balaban J connectivity index is 2.02. The van der Waals surface area contributed by atoms with Gasteiger partial charge >= 0.3 is 12.0 Å². The van der Waals surface area contributed by atoms with Gasteiger partial charge in [-0.2, -0.15) is 0 Å². The van der Waals surface area contributed by atoms with E-state index in [1.54, 1.807) is 36.4 Å². The zero-order valence-corrected chi connectivity index (χ0v) is 17.2. The third-order valence-corrected chi connectivity index (χ3v) is 4.76. The predicted octanol–water partition coefficient (Wildman–Crippen LogP) is 3.47. The average molecular weight is 418 g/mol. The van der Waals surface area contributed by atoms with Crippen molar-refractivity contribution in [2.75, 3.05) is 6.61 Å². The number of nitrogens with zero attached hydrogens (tertiary/aromatic N) is 1. The molecular weight excluding hydrogens is 394 g/mol. The minimum atomic E-state index is -0.775. The number of benzene rings is 1. The molecule has 154 valence electrons. The lowest BCUT2D eigenvalue weighted by Crippen LogP contribution is -2.34. The van der Waals surface area contributed by atoms with Gasteiger partial charge in [0.15, 0.2) is 6.61 Å². The number of aryl methyl sites for hydroxylation is 1. The van der Waals surface area contributed by atoms with Crippen molar-refractivity contribution in [2.24, 2.45) is 5.73 Å². The number of urea groups is 1. The summed E-state index contributed by atoms with van der Waals surface area (Å²) in [6.07, 6.45) is 1.57. The third-order valence-electron chi connectivity index (χ3n) is 4.51. The quantitative estimate of drug-likeness (QED) is 0.370. The van der Waals surface area contributed by atoms with E-state index in [9.17, 15) is 14.4 Å². The summed E-state index contributed by atoms with van der Waals surface area (Å²) in [4.78, 5) is 36.0. The van der Waals surface area contributed by atoms with Crippen LogP contribution in [0.2, 0.25) is 5.02 Å². The van der Waals surface area contributed by atoms with Gasteiger partial charge in [0.05, 0.1) is 12.5 Å². The Morgan fingerprint density at radius 3 is 2.52 bits per heavy atom. The minimum absolute atomic E-state index is 0.173. The van der Waals surface area contributed by atoms with Gasteiger partial charge in [-0.25, -0.2) is 4.79 Å². The Morgan fingerprint density at radius 1 is 1.28 bits per heavy atom. The van der Waals surface area contributed by atoms with Gasteiger partial charge in [0.2, 0.25) is 5.78 Å². The molecule has 29 heavy (non-hydrogen) atoms. The summed E-state index contributed by atoms with van der Waals surface area (Å²) in [5, 5.41) is 3.02. The number of primary amides is 1. The number of ether oxygens (including phenoxy) is 1. The highest BCUT2D eigenvalue weighted by Gasteiger charge is 2.21. The molecule has 0 aliphatic rings. The van der Waals surface area contributed by atoms with Crippen LogP contribution in [0.15, 0.2) is 43.0 Å². The smallest absolute Gasteiger partial charge is 0.312 e. The lowest BCUT2D eigenvalue weighted by molar-refractivity contribution is -0.143. The molecule has 0 bridgehead atoms. The van der Waals surface area contributed by atoms with Crippen molar-refractivity contribution in [3.05, 3.63) is 70.5 Å². The van der Waals surface area contributed by atoms with E-state index in [1.807, 2.05) is 18.4 Å². The summed E-state index contributed by atoms with van der Waals surface area (Å²) in [6.45, 7) is 7.64. The van der Waals surface area contributed by atoms with Crippen LogP contribution < -0.4 is 11.1 Å². The molecule has 2 amide bonds. The maximum Gasteiger partial charge on any atom is 0.312 e. The topological polar surface area (TPSA) is 103 Å². The SMILES string of the molecule is C=CCn1c(C)cc(C(=O)COC(=O)CC(NC(N)=O)c2ccc(Cl)cc2)c1C. The molecule has 3 N–H and O–H groups in total. The summed E-state index contributed by atoms with van der Waals surface area (Å²) < 4.78 is 7.10. The van der Waals surface area contributed by atoms with Gasteiger partial charge in [-0.15, -0.1) is 6.58 Å². The number of allylic oxidation sites excluding steroid dienone is 1. The molecule has 1 unspecified atom stereocenters. The molecule has 0 saturated heterocycles.